The van der Waals surface area contributed by atoms with Gasteiger partial charge in [-0.05, 0) is 37.1 Å². The number of nitrogens with one attached hydrogen (secondary N) is 3. The van der Waals surface area contributed by atoms with Crippen molar-refractivity contribution in [3.05, 3.63) is 45.4 Å². The molecule has 0 radical (unpaired) electrons. The molecule has 7 N–H and O–H groups in total. The van der Waals surface area contributed by atoms with Gasteiger partial charge in [-0.2, -0.15) is 0 Å². The number of rotatable bonds is 10. The lowest BCUT2D eigenvalue weighted by molar-refractivity contribution is -0.138. The van der Waals surface area contributed by atoms with Gasteiger partial charge in [0.2, 0.25) is 10.0 Å². The number of halogens is 4. The van der Waals surface area contributed by atoms with Crippen molar-refractivity contribution in [2.24, 2.45) is 5.73 Å². The van der Waals surface area contributed by atoms with Crippen LogP contribution in [0.25, 0.3) is 0 Å². The first kappa shape index (κ1) is 30.0. The Bertz CT molecular complexity index is 1150. The van der Waals surface area contributed by atoms with Crippen LogP contribution >= 0.6 is 47.2 Å². The Hall–Kier alpha value is -1.99. The van der Waals surface area contributed by atoms with Crippen molar-refractivity contribution in [2.75, 3.05) is 17.2 Å². The van der Waals surface area contributed by atoms with Gasteiger partial charge in [-0.15, -0.1) is 12.4 Å². The maximum atomic E-state index is 12.7. The highest BCUT2D eigenvalue weighted by atomic mass is 35.5. The highest BCUT2D eigenvalue weighted by Crippen LogP contribution is 2.37. The van der Waals surface area contributed by atoms with E-state index in [2.05, 4.69) is 15.4 Å². The number of amides is 2. The Morgan fingerprint density at radius 1 is 1.00 bits per heavy atom. The molecule has 2 rings (SSSR count). The number of aliphatic carboxylic acids is 1. The molecule has 0 aliphatic carbocycles. The Kier molecular flexibility index (Phi) is 11.7. The van der Waals surface area contributed by atoms with Crippen LogP contribution in [0.5, 0.6) is 5.75 Å². The lowest BCUT2D eigenvalue weighted by Gasteiger charge is -2.15. The first-order valence-corrected chi connectivity index (χ1v) is 12.1. The van der Waals surface area contributed by atoms with Gasteiger partial charge in [0.1, 0.15) is 10.9 Å². The molecule has 0 aromatic heterocycles. The third-order valence-corrected chi connectivity index (χ3v) is 7.13. The molecule has 0 saturated heterocycles. The number of phenols is 1. The molecule has 1 atom stereocenters. The summed E-state index contributed by atoms with van der Waals surface area (Å²) in [4.78, 5) is 22.4. The average Bonchev–Trinajstić information content (AvgIpc) is 2.73. The zero-order chi connectivity index (χ0) is 24.8. The van der Waals surface area contributed by atoms with E-state index in [0.29, 0.717) is 12.8 Å². The molecule has 188 valence electrons. The van der Waals surface area contributed by atoms with Crippen molar-refractivity contribution in [1.29, 1.82) is 0 Å². The topological polar surface area (TPSA) is 171 Å². The summed E-state index contributed by atoms with van der Waals surface area (Å²) in [6.45, 7) is -0.0458. The summed E-state index contributed by atoms with van der Waals surface area (Å²) in [6.07, 6.45) is 0.844. The zero-order valence-electron chi connectivity index (χ0n) is 17.3. The van der Waals surface area contributed by atoms with Gasteiger partial charge in [0, 0.05) is 6.54 Å². The monoisotopic (exact) mass is 574 g/mol. The molecule has 2 aromatic carbocycles. The van der Waals surface area contributed by atoms with E-state index in [-0.39, 0.29) is 51.8 Å². The van der Waals surface area contributed by atoms with Crippen molar-refractivity contribution < 1.29 is 28.2 Å². The average molecular weight is 576 g/mol. The Labute approximate surface area is 217 Å². The molecule has 0 aliphatic rings. The summed E-state index contributed by atoms with van der Waals surface area (Å²) in [7, 11) is -4.26. The zero-order valence-corrected chi connectivity index (χ0v) is 21.2. The molecule has 2 amide bonds. The van der Waals surface area contributed by atoms with Crippen LogP contribution in [0.15, 0.2) is 35.2 Å². The number of unbranched alkanes of at least 4 members (excludes halogenated alkanes) is 1. The molecule has 34 heavy (non-hydrogen) atoms. The molecule has 1 unspecified atom stereocenters. The van der Waals surface area contributed by atoms with E-state index in [1.54, 1.807) is 6.07 Å². The molecule has 0 fully saturated rings. The second-order valence-corrected chi connectivity index (χ2v) is 9.69. The number of hydrogen-bond acceptors (Lipinski definition) is 6. The number of phenolic OH excluding ortho intramolecular Hbond substituents is 1. The summed E-state index contributed by atoms with van der Waals surface area (Å²) in [5, 5.41) is 24.0. The van der Waals surface area contributed by atoms with Gasteiger partial charge in [0.25, 0.3) is 0 Å². The molecule has 0 spiro atoms. The van der Waals surface area contributed by atoms with Gasteiger partial charge in [0.05, 0.1) is 26.4 Å². The summed E-state index contributed by atoms with van der Waals surface area (Å²) < 4.78 is 27.6. The number of benzene rings is 2. The first-order chi connectivity index (χ1) is 15.4. The van der Waals surface area contributed by atoms with Gasteiger partial charge < -0.3 is 26.6 Å². The summed E-state index contributed by atoms with van der Waals surface area (Å²) in [5.74, 6) is -1.91. The molecule has 0 heterocycles. The van der Waals surface area contributed by atoms with E-state index < -0.39 is 38.7 Å². The minimum atomic E-state index is -4.26. The van der Waals surface area contributed by atoms with Crippen molar-refractivity contribution in [3.8, 4) is 5.75 Å². The van der Waals surface area contributed by atoms with Gasteiger partial charge >= 0.3 is 12.0 Å². The Morgan fingerprint density at radius 2 is 1.65 bits per heavy atom. The normalized spacial score (nSPS) is 11.9. The van der Waals surface area contributed by atoms with Crippen molar-refractivity contribution in [2.45, 2.75) is 30.2 Å². The number of carboxylic acids is 1. The molecule has 0 bridgehead atoms. The first-order valence-electron chi connectivity index (χ1n) is 9.45. The van der Waals surface area contributed by atoms with E-state index >= 15 is 0 Å². The minimum Gasteiger partial charge on any atom is -0.504 e. The number of nitrogens with two attached hydrogens (primary N) is 1. The van der Waals surface area contributed by atoms with E-state index in [0.717, 1.165) is 0 Å². The standard InChI is InChI=1S/C19H21Cl3N4O6S.ClH/c20-10-4-3-6-13(15(10)22)25-19(30)26-14-8-7-11(21)17(16(14)27)33(31,32)24-9-2-1-5-12(23)18(28)29;/h3-4,6-8,12,24,27H,1-2,5,9,23H2,(H,28,29)(H2,25,26,30);1H. The van der Waals surface area contributed by atoms with Crippen molar-refractivity contribution in [1.82, 2.24) is 4.72 Å². The number of carbonyl (C=O) groups is 2. The minimum absolute atomic E-state index is 0. The van der Waals surface area contributed by atoms with Gasteiger partial charge in [-0.3, -0.25) is 4.79 Å². The molecule has 15 heteroatoms. The van der Waals surface area contributed by atoms with Crippen LogP contribution in [0, 0.1) is 0 Å². The molecule has 2 aromatic rings. The maximum Gasteiger partial charge on any atom is 0.323 e. The molecular formula is C19H22Cl4N4O6S. The lowest BCUT2D eigenvalue weighted by atomic mass is 10.1. The number of sulfonamides is 1. The molecule has 0 saturated carbocycles. The number of aromatic hydroxyl groups is 1. The third-order valence-electron chi connectivity index (χ3n) is 4.35. The SMILES string of the molecule is Cl.NC(CCCCNS(=O)(=O)c1c(Cl)ccc(NC(=O)Nc2cccc(Cl)c2Cl)c1O)C(=O)O. The second-order valence-electron chi connectivity index (χ2n) is 6.79. The van der Waals surface area contributed by atoms with E-state index in [9.17, 15) is 23.1 Å². The van der Waals surface area contributed by atoms with Crippen LogP contribution in [-0.4, -0.2) is 43.2 Å². The van der Waals surface area contributed by atoms with Crippen molar-refractivity contribution >= 4 is 80.6 Å². The van der Waals surface area contributed by atoms with Crippen LogP contribution in [-0.2, 0) is 14.8 Å². The number of carbonyl (C=O) groups excluding carboxylic acids is 1. The summed E-state index contributed by atoms with van der Waals surface area (Å²) in [6, 6.07) is 5.17. The number of urea groups is 1. The van der Waals surface area contributed by atoms with Crippen molar-refractivity contribution in [3.63, 3.8) is 0 Å². The highest BCUT2D eigenvalue weighted by Gasteiger charge is 2.25. The third kappa shape index (κ3) is 8.05. The predicted molar refractivity (Wildman–Crippen MR) is 134 cm³/mol. The van der Waals surface area contributed by atoms with Gasteiger partial charge in [-0.25, -0.2) is 17.9 Å². The fraction of sp³-hybridized carbons (Fsp3) is 0.263. The number of hydrogen-bond donors (Lipinski definition) is 6. The quantitative estimate of drug-likeness (QED) is 0.181. The lowest BCUT2D eigenvalue weighted by Crippen LogP contribution is -2.30. The number of carboxylic acid groups (broad SMARTS) is 1. The molecule has 0 aliphatic heterocycles. The Balaban J connectivity index is 0.00000578. The van der Waals surface area contributed by atoms with Crippen LogP contribution in [0.3, 0.4) is 0 Å². The summed E-state index contributed by atoms with van der Waals surface area (Å²) in [5.41, 5.74) is 5.38. The fourth-order valence-electron chi connectivity index (χ4n) is 2.67. The van der Waals surface area contributed by atoms with Crippen LogP contribution in [0.2, 0.25) is 15.1 Å². The molecular weight excluding hydrogens is 554 g/mol. The van der Waals surface area contributed by atoms with Crippen LogP contribution in [0.1, 0.15) is 19.3 Å². The number of anilines is 2. The van der Waals surface area contributed by atoms with Crippen LogP contribution in [0.4, 0.5) is 16.2 Å². The Morgan fingerprint density at radius 3 is 2.29 bits per heavy atom. The smallest absolute Gasteiger partial charge is 0.323 e. The fourth-order valence-corrected chi connectivity index (χ4v) is 4.72. The molecule has 10 nitrogen and oxygen atoms in total. The van der Waals surface area contributed by atoms with Gasteiger partial charge in [0.15, 0.2) is 5.75 Å². The highest BCUT2D eigenvalue weighted by molar-refractivity contribution is 7.89. The van der Waals surface area contributed by atoms with Crippen LogP contribution < -0.4 is 21.1 Å². The second kappa shape index (κ2) is 13.2. The van der Waals surface area contributed by atoms with E-state index in [1.807, 2.05) is 0 Å². The maximum absolute atomic E-state index is 12.7. The van der Waals surface area contributed by atoms with E-state index in [4.69, 9.17) is 45.6 Å². The largest absolute Gasteiger partial charge is 0.504 e. The van der Waals surface area contributed by atoms with Gasteiger partial charge in [-0.1, -0.05) is 47.3 Å². The summed E-state index contributed by atoms with van der Waals surface area (Å²) >= 11 is 17.9. The predicted octanol–water partition coefficient (Wildman–Crippen LogP) is 4.28. The van der Waals surface area contributed by atoms with E-state index in [1.165, 1.54) is 24.3 Å².